The minimum Gasteiger partial charge on any atom is -0.484 e. The zero-order chi connectivity index (χ0) is 16.1. The Morgan fingerprint density at radius 3 is 2.83 bits per heavy atom. The molecule has 3 rings (SSSR count). The van der Waals surface area contributed by atoms with Gasteiger partial charge in [-0.15, -0.1) is 0 Å². The van der Waals surface area contributed by atoms with Crippen molar-refractivity contribution in [2.24, 2.45) is 0 Å². The van der Waals surface area contributed by atoms with Gasteiger partial charge in [0.25, 0.3) is 5.91 Å². The van der Waals surface area contributed by atoms with Gasteiger partial charge in [0.15, 0.2) is 6.61 Å². The number of benzene rings is 2. The highest BCUT2D eigenvalue weighted by Crippen LogP contribution is 2.20. The van der Waals surface area contributed by atoms with Crippen molar-refractivity contribution in [2.45, 2.75) is 6.54 Å². The monoisotopic (exact) mass is 329 g/mol. The van der Waals surface area contributed by atoms with E-state index in [2.05, 4.69) is 10.4 Å². The Morgan fingerprint density at radius 2 is 2.04 bits per heavy atom. The van der Waals surface area contributed by atoms with Gasteiger partial charge in [-0.2, -0.15) is 5.10 Å². The van der Waals surface area contributed by atoms with Gasteiger partial charge in [0.1, 0.15) is 5.75 Å². The highest BCUT2D eigenvalue weighted by Gasteiger charge is 2.04. The van der Waals surface area contributed by atoms with Gasteiger partial charge in [-0.1, -0.05) is 41.9 Å². The molecule has 0 fully saturated rings. The maximum absolute atomic E-state index is 11.8. The Balaban J connectivity index is 1.46. The minimum absolute atomic E-state index is 0.0157. The summed E-state index contributed by atoms with van der Waals surface area (Å²) >= 11 is 5.77. The van der Waals surface area contributed by atoms with Crippen LogP contribution in [0.4, 0.5) is 0 Å². The van der Waals surface area contributed by atoms with Gasteiger partial charge in [-0.25, -0.2) is 0 Å². The van der Waals surface area contributed by atoms with Gasteiger partial charge in [-0.05, 0) is 22.9 Å². The highest BCUT2D eigenvalue weighted by molar-refractivity contribution is 6.30. The lowest BCUT2D eigenvalue weighted by molar-refractivity contribution is -0.123. The predicted molar refractivity (Wildman–Crippen MR) is 89.7 cm³/mol. The van der Waals surface area contributed by atoms with E-state index in [-0.39, 0.29) is 12.5 Å². The van der Waals surface area contributed by atoms with Crippen molar-refractivity contribution in [2.75, 3.05) is 13.2 Å². The van der Waals surface area contributed by atoms with Crippen LogP contribution in [-0.2, 0) is 11.3 Å². The number of ether oxygens (including phenoxy) is 1. The number of hydrogen-bond acceptors (Lipinski definition) is 3. The summed E-state index contributed by atoms with van der Waals surface area (Å²) in [6.07, 6.45) is 3.27. The number of hydrogen-bond donors (Lipinski definition) is 1. The van der Waals surface area contributed by atoms with E-state index in [9.17, 15) is 4.79 Å². The molecule has 0 aliphatic carbocycles. The first-order chi connectivity index (χ1) is 11.2. The number of carbonyl (C=O) groups is 1. The number of nitrogens with one attached hydrogen (secondary N) is 1. The highest BCUT2D eigenvalue weighted by atomic mass is 35.5. The quantitative estimate of drug-likeness (QED) is 0.756. The zero-order valence-electron chi connectivity index (χ0n) is 12.4. The van der Waals surface area contributed by atoms with Crippen LogP contribution in [0, 0.1) is 0 Å². The van der Waals surface area contributed by atoms with Crippen LogP contribution in [0.25, 0.3) is 10.8 Å². The molecule has 0 saturated heterocycles. The Labute approximate surface area is 138 Å². The SMILES string of the molecule is O=C(COc1ccc2ccccc2c1)NCCn1cc(Cl)cn1. The third-order valence-electron chi connectivity index (χ3n) is 3.36. The van der Waals surface area contributed by atoms with Crippen LogP contribution >= 0.6 is 11.6 Å². The molecule has 0 atom stereocenters. The molecule has 0 aliphatic heterocycles. The van der Waals surface area contributed by atoms with Gasteiger partial charge >= 0.3 is 0 Å². The number of nitrogens with zero attached hydrogens (tertiary/aromatic N) is 2. The van der Waals surface area contributed by atoms with Gasteiger partial charge in [0, 0.05) is 12.7 Å². The van der Waals surface area contributed by atoms with Crippen molar-refractivity contribution in [1.29, 1.82) is 0 Å². The van der Waals surface area contributed by atoms with Crippen LogP contribution in [0.5, 0.6) is 5.75 Å². The van der Waals surface area contributed by atoms with E-state index in [1.165, 1.54) is 0 Å². The molecular formula is C17H16ClN3O2. The van der Waals surface area contributed by atoms with Crippen LogP contribution in [0.15, 0.2) is 54.9 Å². The maximum atomic E-state index is 11.8. The fourth-order valence-electron chi connectivity index (χ4n) is 2.23. The van der Waals surface area contributed by atoms with Crippen molar-refractivity contribution < 1.29 is 9.53 Å². The molecule has 0 saturated carbocycles. The molecule has 0 spiro atoms. The number of fused-ring (bicyclic) bond motifs is 1. The number of carbonyl (C=O) groups excluding carboxylic acids is 1. The van der Waals surface area contributed by atoms with Crippen LogP contribution in [0.1, 0.15) is 0 Å². The number of aromatic nitrogens is 2. The molecule has 23 heavy (non-hydrogen) atoms. The van der Waals surface area contributed by atoms with E-state index in [0.717, 1.165) is 10.8 Å². The lowest BCUT2D eigenvalue weighted by Gasteiger charge is -2.08. The zero-order valence-corrected chi connectivity index (χ0v) is 13.2. The summed E-state index contributed by atoms with van der Waals surface area (Å²) in [5.74, 6) is 0.508. The second kappa shape index (κ2) is 7.15. The summed E-state index contributed by atoms with van der Waals surface area (Å²) in [6.45, 7) is 1.02. The van der Waals surface area contributed by atoms with Gasteiger partial charge in [0.05, 0.1) is 17.8 Å². The Bertz CT molecular complexity index is 816. The van der Waals surface area contributed by atoms with E-state index < -0.39 is 0 Å². The Morgan fingerprint density at radius 1 is 1.22 bits per heavy atom. The number of amides is 1. The summed E-state index contributed by atoms with van der Waals surface area (Å²) < 4.78 is 7.20. The van der Waals surface area contributed by atoms with Gasteiger partial charge in [0.2, 0.25) is 0 Å². The topological polar surface area (TPSA) is 56.1 Å². The van der Waals surface area contributed by atoms with E-state index in [1.807, 2.05) is 42.5 Å². The van der Waals surface area contributed by atoms with Gasteiger partial charge < -0.3 is 10.1 Å². The molecule has 2 aromatic carbocycles. The first-order valence-electron chi connectivity index (χ1n) is 7.27. The number of halogens is 1. The van der Waals surface area contributed by atoms with Crippen molar-refractivity contribution in [1.82, 2.24) is 15.1 Å². The third-order valence-corrected chi connectivity index (χ3v) is 3.55. The van der Waals surface area contributed by atoms with E-state index >= 15 is 0 Å². The maximum Gasteiger partial charge on any atom is 0.258 e. The first kappa shape index (κ1) is 15.4. The lowest BCUT2D eigenvalue weighted by Crippen LogP contribution is -2.31. The first-order valence-corrected chi connectivity index (χ1v) is 7.65. The molecule has 0 aliphatic rings. The molecule has 5 nitrogen and oxygen atoms in total. The molecule has 6 heteroatoms. The van der Waals surface area contributed by atoms with Crippen LogP contribution < -0.4 is 10.1 Å². The summed E-state index contributed by atoms with van der Waals surface area (Å²) in [5.41, 5.74) is 0. The lowest BCUT2D eigenvalue weighted by atomic mass is 10.1. The van der Waals surface area contributed by atoms with Crippen LogP contribution in [-0.4, -0.2) is 28.8 Å². The van der Waals surface area contributed by atoms with Gasteiger partial charge in [-0.3, -0.25) is 9.48 Å². The second-order valence-corrected chi connectivity index (χ2v) is 5.51. The Hall–Kier alpha value is -2.53. The molecule has 1 heterocycles. The van der Waals surface area contributed by atoms with E-state index in [1.54, 1.807) is 17.1 Å². The predicted octanol–water partition coefficient (Wildman–Crippen LogP) is 2.88. The van der Waals surface area contributed by atoms with Crippen LogP contribution in [0.3, 0.4) is 0 Å². The fraction of sp³-hybridized carbons (Fsp3) is 0.176. The third kappa shape index (κ3) is 4.23. The summed E-state index contributed by atoms with van der Waals surface area (Å²) in [6, 6.07) is 13.8. The fourth-order valence-corrected chi connectivity index (χ4v) is 2.38. The van der Waals surface area contributed by atoms with Crippen molar-refractivity contribution in [3.05, 3.63) is 59.9 Å². The molecule has 0 unspecified atom stereocenters. The molecule has 1 aromatic heterocycles. The standard InChI is InChI=1S/C17H16ClN3O2/c18-15-10-20-21(11-15)8-7-19-17(22)12-23-16-6-5-13-3-1-2-4-14(13)9-16/h1-6,9-11H,7-8,12H2,(H,19,22). The van der Waals surface area contributed by atoms with Crippen molar-refractivity contribution >= 4 is 28.3 Å². The average Bonchev–Trinajstić information content (AvgIpc) is 2.98. The summed E-state index contributed by atoms with van der Waals surface area (Å²) in [5, 5.41) is 9.62. The summed E-state index contributed by atoms with van der Waals surface area (Å²) in [4.78, 5) is 11.8. The molecule has 1 amide bonds. The van der Waals surface area contributed by atoms with E-state index in [4.69, 9.17) is 16.3 Å². The van der Waals surface area contributed by atoms with E-state index in [0.29, 0.717) is 23.9 Å². The minimum atomic E-state index is -0.170. The molecule has 3 aromatic rings. The molecule has 118 valence electrons. The van der Waals surface area contributed by atoms with Crippen molar-refractivity contribution in [3.8, 4) is 5.75 Å². The molecule has 0 bridgehead atoms. The normalized spacial score (nSPS) is 10.7. The summed E-state index contributed by atoms with van der Waals surface area (Å²) in [7, 11) is 0. The largest absolute Gasteiger partial charge is 0.484 e. The van der Waals surface area contributed by atoms with Crippen LogP contribution in [0.2, 0.25) is 5.02 Å². The number of rotatable bonds is 6. The molecular weight excluding hydrogens is 314 g/mol. The molecule has 1 N–H and O–H groups in total. The second-order valence-electron chi connectivity index (χ2n) is 5.07. The average molecular weight is 330 g/mol. The Kier molecular flexibility index (Phi) is 4.78. The molecule has 0 radical (unpaired) electrons. The smallest absolute Gasteiger partial charge is 0.258 e. The van der Waals surface area contributed by atoms with Crippen molar-refractivity contribution in [3.63, 3.8) is 0 Å².